The number of amides is 1. The van der Waals surface area contributed by atoms with E-state index in [1.54, 1.807) is 6.07 Å². The second-order valence-electron chi connectivity index (χ2n) is 5.73. The average molecular weight is 385 g/mol. The van der Waals surface area contributed by atoms with E-state index in [1.165, 1.54) is 25.3 Å². The normalized spacial score (nSPS) is 11.3. The van der Waals surface area contributed by atoms with Crippen LogP contribution in [0.1, 0.15) is 17.5 Å². The summed E-state index contributed by atoms with van der Waals surface area (Å²) < 4.78 is 62.2. The molecule has 0 aliphatic carbocycles. The Morgan fingerprint density at radius 1 is 1.11 bits per heavy atom. The number of alkyl halides is 3. The summed E-state index contributed by atoms with van der Waals surface area (Å²) in [5.74, 6) is -0.811. The maximum atomic E-state index is 13.2. The van der Waals surface area contributed by atoms with Crippen molar-refractivity contribution in [1.82, 2.24) is 0 Å². The number of nitrogens with one attached hydrogen (secondary N) is 1. The zero-order chi connectivity index (χ0) is 19.9. The van der Waals surface area contributed by atoms with Crippen LogP contribution in [0.5, 0.6) is 5.75 Å². The molecule has 1 amide bonds. The molecule has 27 heavy (non-hydrogen) atoms. The first-order valence-corrected chi connectivity index (χ1v) is 8.17. The molecular weight excluding hydrogens is 366 g/mol. The van der Waals surface area contributed by atoms with Crippen molar-refractivity contribution in [2.24, 2.45) is 0 Å². The first-order valence-electron chi connectivity index (χ1n) is 8.17. The Balaban J connectivity index is 2.09. The SMILES string of the molecule is COCCOc1ccc(C(F)(F)F)cc1NC(=O)CCc1cccc(F)c1. The van der Waals surface area contributed by atoms with Crippen LogP contribution in [0.15, 0.2) is 42.5 Å². The Hall–Kier alpha value is -2.61. The summed E-state index contributed by atoms with van der Waals surface area (Å²) in [7, 11) is 1.46. The molecule has 2 aromatic rings. The van der Waals surface area contributed by atoms with Crippen LogP contribution >= 0.6 is 0 Å². The molecule has 0 saturated carbocycles. The van der Waals surface area contributed by atoms with Gasteiger partial charge >= 0.3 is 6.18 Å². The number of hydrogen-bond acceptors (Lipinski definition) is 3. The molecule has 0 bridgehead atoms. The van der Waals surface area contributed by atoms with E-state index in [0.29, 0.717) is 5.56 Å². The fourth-order valence-electron chi connectivity index (χ4n) is 2.33. The predicted molar refractivity (Wildman–Crippen MR) is 92.2 cm³/mol. The Labute approximate surface area is 154 Å². The minimum absolute atomic E-state index is 0.0167. The molecule has 2 rings (SSSR count). The predicted octanol–water partition coefficient (Wildman–Crippen LogP) is 4.44. The number of hydrogen-bond donors (Lipinski definition) is 1. The lowest BCUT2D eigenvalue weighted by molar-refractivity contribution is -0.137. The maximum absolute atomic E-state index is 13.2. The molecular formula is C19H19F4NO3. The van der Waals surface area contributed by atoms with E-state index in [-0.39, 0.29) is 37.5 Å². The van der Waals surface area contributed by atoms with E-state index in [9.17, 15) is 22.4 Å². The number of methoxy groups -OCH3 is 1. The third-order valence-corrected chi connectivity index (χ3v) is 3.66. The summed E-state index contributed by atoms with van der Waals surface area (Å²) in [6.45, 7) is 0.363. The zero-order valence-electron chi connectivity index (χ0n) is 14.6. The second kappa shape index (κ2) is 9.36. The van der Waals surface area contributed by atoms with E-state index in [4.69, 9.17) is 9.47 Å². The number of benzene rings is 2. The van der Waals surface area contributed by atoms with Crippen molar-refractivity contribution in [2.45, 2.75) is 19.0 Å². The van der Waals surface area contributed by atoms with Gasteiger partial charge in [0, 0.05) is 13.5 Å². The molecule has 2 aromatic carbocycles. The quantitative estimate of drug-likeness (QED) is 0.540. The highest BCUT2D eigenvalue weighted by Crippen LogP contribution is 2.35. The van der Waals surface area contributed by atoms with Crippen molar-refractivity contribution in [3.8, 4) is 5.75 Å². The Morgan fingerprint density at radius 3 is 2.56 bits per heavy atom. The fourth-order valence-corrected chi connectivity index (χ4v) is 2.33. The number of ether oxygens (including phenoxy) is 2. The Kier molecular flexibility index (Phi) is 7.18. The van der Waals surface area contributed by atoms with Crippen LogP contribution in [-0.2, 0) is 22.1 Å². The number of aryl methyl sites for hydroxylation is 1. The van der Waals surface area contributed by atoms with Gasteiger partial charge in [0.2, 0.25) is 5.91 Å². The van der Waals surface area contributed by atoms with Crippen molar-refractivity contribution in [1.29, 1.82) is 0 Å². The highest BCUT2D eigenvalue weighted by molar-refractivity contribution is 5.92. The second-order valence-corrected chi connectivity index (χ2v) is 5.73. The molecule has 0 radical (unpaired) electrons. The van der Waals surface area contributed by atoms with Gasteiger partial charge < -0.3 is 14.8 Å². The summed E-state index contributed by atoms with van der Waals surface area (Å²) in [6.07, 6.45) is -4.31. The van der Waals surface area contributed by atoms with Crippen LogP contribution in [0, 0.1) is 5.82 Å². The third-order valence-electron chi connectivity index (χ3n) is 3.66. The van der Waals surface area contributed by atoms with E-state index < -0.39 is 23.5 Å². The van der Waals surface area contributed by atoms with Gasteiger partial charge in [-0.25, -0.2) is 4.39 Å². The molecule has 0 aliphatic heterocycles. The van der Waals surface area contributed by atoms with E-state index in [0.717, 1.165) is 18.2 Å². The Bertz CT molecular complexity index is 778. The van der Waals surface area contributed by atoms with Crippen LogP contribution in [0.25, 0.3) is 0 Å². The van der Waals surface area contributed by atoms with Crippen molar-refractivity contribution >= 4 is 11.6 Å². The lowest BCUT2D eigenvalue weighted by Crippen LogP contribution is -2.15. The van der Waals surface area contributed by atoms with Crippen LogP contribution in [0.3, 0.4) is 0 Å². The monoisotopic (exact) mass is 385 g/mol. The van der Waals surface area contributed by atoms with Crippen molar-refractivity contribution in [3.05, 3.63) is 59.4 Å². The molecule has 8 heteroatoms. The van der Waals surface area contributed by atoms with E-state index >= 15 is 0 Å². The van der Waals surface area contributed by atoms with Gasteiger partial charge in [0.1, 0.15) is 18.2 Å². The van der Waals surface area contributed by atoms with Crippen LogP contribution in [0.2, 0.25) is 0 Å². The summed E-state index contributed by atoms with van der Waals surface area (Å²) in [4.78, 5) is 12.1. The standard InChI is InChI=1S/C19H19F4NO3/c1-26-9-10-27-17-7-6-14(19(21,22)23)12-16(17)24-18(25)8-5-13-3-2-4-15(20)11-13/h2-4,6-7,11-12H,5,8-10H2,1H3,(H,24,25). The summed E-state index contributed by atoms with van der Waals surface area (Å²) in [5, 5.41) is 2.44. The van der Waals surface area contributed by atoms with Gasteiger partial charge in [0.25, 0.3) is 0 Å². The molecule has 0 unspecified atom stereocenters. The molecule has 0 heterocycles. The van der Waals surface area contributed by atoms with Crippen molar-refractivity contribution in [3.63, 3.8) is 0 Å². The fraction of sp³-hybridized carbons (Fsp3) is 0.316. The topological polar surface area (TPSA) is 47.6 Å². The summed E-state index contributed by atoms with van der Waals surface area (Å²) >= 11 is 0. The highest BCUT2D eigenvalue weighted by Gasteiger charge is 2.31. The molecule has 146 valence electrons. The third kappa shape index (κ3) is 6.56. The van der Waals surface area contributed by atoms with Gasteiger partial charge in [-0.2, -0.15) is 13.2 Å². The number of halogens is 4. The van der Waals surface area contributed by atoms with Gasteiger partial charge in [-0.3, -0.25) is 4.79 Å². The lowest BCUT2D eigenvalue weighted by atomic mass is 10.1. The van der Waals surface area contributed by atoms with Crippen molar-refractivity contribution in [2.75, 3.05) is 25.6 Å². The van der Waals surface area contributed by atoms with Gasteiger partial charge in [-0.15, -0.1) is 0 Å². The first-order chi connectivity index (χ1) is 12.8. The smallest absolute Gasteiger partial charge is 0.416 e. The largest absolute Gasteiger partial charge is 0.489 e. The first kappa shape index (κ1) is 20.7. The molecule has 0 aliphatic rings. The molecule has 0 aromatic heterocycles. The minimum atomic E-state index is -4.55. The number of anilines is 1. The number of rotatable bonds is 8. The number of carbonyl (C=O) groups is 1. The maximum Gasteiger partial charge on any atom is 0.416 e. The van der Waals surface area contributed by atoms with Crippen LogP contribution in [0.4, 0.5) is 23.2 Å². The number of carbonyl (C=O) groups excluding carboxylic acids is 1. The molecule has 0 saturated heterocycles. The minimum Gasteiger partial charge on any atom is -0.489 e. The van der Waals surface area contributed by atoms with E-state index in [1.807, 2.05) is 0 Å². The Morgan fingerprint density at radius 2 is 1.89 bits per heavy atom. The molecule has 4 nitrogen and oxygen atoms in total. The van der Waals surface area contributed by atoms with Crippen LogP contribution in [-0.4, -0.2) is 26.2 Å². The molecule has 0 atom stereocenters. The van der Waals surface area contributed by atoms with Crippen LogP contribution < -0.4 is 10.1 Å². The molecule has 0 fully saturated rings. The zero-order valence-corrected chi connectivity index (χ0v) is 14.6. The molecule has 0 spiro atoms. The molecule has 1 N–H and O–H groups in total. The van der Waals surface area contributed by atoms with Gasteiger partial charge in [0.05, 0.1) is 17.9 Å². The summed E-state index contributed by atoms with van der Waals surface area (Å²) in [6, 6.07) is 8.64. The van der Waals surface area contributed by atoms with E-state index in [2.05, 4.69) is 5.32 Å². The lowest BCUT2D eigenvalue weighted by Gasteiger charge is -2.15. The van der Waals surface area contributed by atoms with Crippen molar-refractivity contribution < 1.29 is 31.8 Å². The van der Waals surface area contributed by atoms with Gasteiger partial charge in [-0.1, -0.05) is 12.1 Å². The van der Waals surface area contributed by atoms with Gasteiger partial charge in [-0.05, 0) is 42.3 Å². The highest BCUT2D eigenvalue weighted by atomic mass is 19.4. The van der Waals surface area contributed by atoms with Gasteiger partial charge in [0.15, 0.2) is 0 Å². The summed E-state index contributed by atoms with van der Waals surface area (Å²) in [5.41, 5.74) is -0.363. The average Bonchev–Trinajstić information content (AvgIpc) is 2.60.